The lowest BCUT2D eigenvalue weighted by Gasteiger charge is -2.29. The van der Waals surface area contributed by atoms with Crippen LogP contribution in [0.2, 0.25) is 0 Å². The number of rotatable bonds is 5. The van der Waals surface area contributed by atoms with Gasteiger partial charge in [-0.2, -0.15) is 0 Å². The lowest BCUT2D eigenvalue weighted by Crippen LogP contribution is -2.39. The van der Waals surface area contributed by atoms with Crippen molar-refractivity contribution in [1.82, 2.24) is 4.90 Å². The zero-order valence-electron chi connectivity index (χ0n) is 11.5. The molecule has 1 aliphatic rings. The summed E-state index contributed by atoms with van der Waals surface area (Å²) in [5, 5.41) is 0. The molecule has 3 nitrogen and oxygen atoms in total. The van der Waals surface area contributed by atoms with Crippen molar-refractivity contribution in [2.24, 2.45) is 11.1 Å². The summed E-state index contributed by atoms with van der Waals surface area (Å²) in [6, 6.07) is 0. The minimum Gasteiger partial charge on any atom is -0.345 e. The summed E-state index contributed by atoms with van der Waals surface area (Å²) in [7, 11) is 1.88. The maximum atomic E-state index is 12.0. The van der Waals surface area contributed by atoms with Crippen molar-refractivity contribution < 1.29 is 4.79 Å². The van der Waals surface area contributed by atoms with Crippen molar-refractivity contribution in [1.29, 1.82) is 0 Å². The van der Waals surface area contributed by atoms with Crippen LogP contribution < -0.4 is 5.73 Å². The molecule has 0 saturated carbocycles. The molecule has 0 aromatic heterocycles. The van der Waals surface area contributed by atoms with Crippen LogP contribution in [-0.2, 0) is 4.79 Å². The Morgan fingerprint density at radius 1 is 1.47 bits per heavy atom. The van der Waals surface area contributed by atoms with E-state index in [1.54, 1.807) is 0 Å². The summed E-state index contributed by atoms with van der Waals surface area (Å²) in [5.41, 5.74) is 7.01. The molecule has 0 atom stereocenters. The van der Waals surface area contributed by atoms with Gasteiger partial charge in [0.25, 0.3) is 0 Å². The molecule has 17 heavy (non-hydrogen) atoms. The van der Waals surface area contributed by atoms with Gasteiger partial charge < -0.3 is 10.6 Å². The van der Waals surface area contributed by atoms with Crippen LogP contribution in [0.5, 0.6) is 0 Å². The molecule has 0 aliphatic heterocycles. The maximum Gasteiger partial charge on any atom is 0.226 e. The van der Waals surface area contributed by atoms with Crippen LogP contribution in [-0.4, -0.2) is 30.9 Å². The number of amides is 1. The molecule has 1 aliphatic carbocycles. The molecule has 0 radical (unpaired) electrons. The van der Waals surface area contributed by atoms with Crippen LogP contribution in [0, 0.1) is 5.41 Å². The molecule has 3 heteroatoms. The molecule has 0 aromatic carbocycles. The molecule has 0 bridgehead atoms. The van der Waals surface area contributed by atoms with E-state index in [9.17, 15) is 4.79 Å². The van der Waals surface area contributed by atoms with Crippen LogP contribution in [0.15, 0.2) is 11.6 Å². The number of allylic oxidation sites excluding steroid dienone is 1. The number of nitrogens with two attached hydrogens (primary N) is 1. The average molecular weight is 238 g/mol. The van der Waals surface area contributed by atoms with E-state index < -0.39 is 0 Å². The Hall–Kier alpha value is -0.830. The second-order valence-electron chi connectivity index (χ2n) is 5.90. The fourth-order valence-electron chi connectivity index (χ4n) is 2.19. The van der Waals surface area contributed by atoms with Gasteiger partial charge in [-0.1, -0.05) is 25.5 Å². The van der Waals surface area contributed by atoms with Crippen molar-refractivity contribution >= 4 is 5.91 Å². The fraction of sp³-hybridized carbons (Fsp3) is 0.786. The molecule has 0 fully saturated rings. The van der Waals surface area contributed by atoms with Gasteiger partial charge in [0.1, 0.15) is 0 Å². The minimum atomic E-state index is 0.00531. The zero-order chi connectivity index (χ0) is 12.9. The van der Waals surface area contributed by atoms with Gasteiger partial charge in [-0.3, -0.25) is 4.79 Å². The van der Waals surface area contributed by atoms with Crippen molar-refractivity contribution in [2.45, 2.75) is 46.0 Å². The van der Waals surface area contributed by atoms with Crippen LogP contribution in [0.4, 0.5) is 0 Å². The van der Waals surface area contributed by atoms with Gasteiger partial charge in [0.2, 0.25) is 5.91 Å². The monoisotopic (exact) mass is 238 g/mol. The third-order valence-corrected chi connectivity index (χ3v) is 3.41. The molecule has 2 N–H and O–H groups in total. The smallest absolute Gasteiger partial charge is 0.226 e. The highest BCUT2D eigenvalue weighted by Gasteiger charge is 2.21. The van der Waals surface area contributed by atoms with E-state index in [0.29, 0.717) is 13.0 Å². The summed E-state index contributed by atoms with van der Waals surface area (Å²) >= 11 is 0. The number of carbonyl (C=O) groups is 1. The summed E-state index contributed by atoms with van der Waals surface area (Å²) in [6.45, 7) is 5.52. The summed E-state index contributed by atoms with van der Waals surface area (Å²) in [6.07, 6.45) is 7.58. The van der Waals surface area contributed by atoms with Crippen molar-refractivity contribution in [2.75, 3.05) is 20.1 Å². The second kappa shape index (κ2) is 6.20. The number of carbonyl (C=O) groups excluding carboxylic acids is 1. The van der Waals surface area contributed by atoms with Crippen molar-refractivity contribution in [3.8, 4) is 0 Å². The van der Waals surface area contributed by atoms with Crippen LogP contribution in [0.25, 0.3) is 0 Å². The summed E-state index contributed by atoms with van der Waals surface area (Å²) in [5.74, 6) is 0.222. The predicted molar refractivity (Wildman–Crippen MR) is 71.6 cm³/mol. The standard InChI is InChI=1S/C14H26N2O/c1-14(2,10-15)11-16(3)13(17)9-12-7-5-4-6-8-12/h7H,4-6,8-11,15H2,1-3H3. The highest BCUT2D eigenvalue weighted by molar-refractivity contribution is 5.78. The molecule has 0 heterocycles. The van der Waals surface area contributed by atoms with Crippen LogP contribution in [0.3, 0.4) is 0 Å². The fourth-order valence-corrected chi connectivity index (χ4v) is 2.19. The van der Waals surface area contributed by atoms with Gasteiger partial charge in [0.15, 0.2) is 0 Å². The molecule has 98 valence electrons. The number of nitrogens with zero attached hydrogens (tertiary/aromatic N) is 1. The molecular formula is C14H26N2O. The van der Waals surface area contributed by atoms with Crippen molar-refractivity contribution in [3.63, 3.8) is 0 Å². The Kier molecular flexibility index (Phi) is 5.19. The highest BCUT2D eigenvalue weighted by Crippen LogP contribution is 2.21. The summed E-state index contributed by atoms with van der Waals surface area (Å²) in [4.78, 5) is 13.9. The topological polar surface area (TPSA) is 46.3 Å². The predicted octanol–water partition coefficient (Wildman–Crippen LogP) is 2.32. The molecular weight excluding hydrogens is 212 g/mol. The Morgan fingerprint density at radius 2 is 2.18 bits per heavy atom. The first-order chi connectivity index (χ1) is 7.94. The quantitative estimate of drug-likeness (QED) is 0.747. The molecule has 0 saturated heterocycles. The van der Waals surface area contributed by atoms with E-state index in [2.05, 4.69) is 19.9 Å². The van der Waals surface area contributed by atoms with E-state index in [-0.39, 0.29) is 11.3 Å². The Bertz CT molecular complexity index is 295. The van der Waals surface area contributed by atoms with Crippen molar-refractivity contribution in [3.05, 3.63) is 11.6 Å². The Balaban J connectivity index is 2.44. The molecule has 0 spiro atoms. The third kappa shape index (κ3) is 4.90. The first kappa shape index (κ1) is 14.2. The number of hydrogen-bond acceptors (Lipinski definition) is 2. The third-order valence-electron chi connectivity index (χ3n) is 3.41. The molecule has 1 rings (SSSR count). The lowest BCUT2D eigenvalue weighted by atomic mass is 9.92. The van der Waals surface area contributed by atoms with E-state index in [1.165, 1.54) is 18.4 Å². The normalized spacial score (nSPS) is 16.6. The number of hydrogen-bond donors (Lipinski definition) is 1. The van der Waals surface area contributed by atoms with Gasteiger partial charge in [-0.25, -0.2) is 0 Å². The van der Waals surface area contributed by atoms with E-state index in [0.717, 1.165) is 19.4 Å². The average Bonchev–Trinajstić information content (AvgIpc) is 2.30. The molecule has 1 amide bonds. The highest BCUT2D eigenvalue weighted by atomic mass is 16.2. The van der Waals surface area contributed by atoms with Gasteiger partial charge in [-0.05, 0) is 37.6 Å². The maximum absolute atomic E-state index is 12.0. The van der Waals surface area contributed by atoms with Crippen LogP contribution in [0.1, 0.15) is 46.0 Å². The minimum absolute atomic E-state index is 0.00531. The summed E-state index contributed by atoms with van der Waals surface area (Å²) < 4.78 is 0. The van der Waals surface area contributed by atoms with Gasteiger partial charge in [-0.15, -0.1) is 0 Å². The Morgan fingerprint density at radius 3 is 2.71 bits per heavy atom. The largest absolute Gasteiger partial charge is 0.345 e. The zero-order valence-corrected chi connectivity index (χ0v) is 11.5. The van der Waals surface area contributed by atoms with Crippen LogP contribution >= 0.6 is 0 Å². The first-order valence-electron chi connectivity index (χ1n) is 6.56. The van der Waals surface area contributed by atoms with E-state index >= 15 is 0 Å². The second-order valence-corrected chi connectivity index (χ2v) is 5.90. The van der Waals surface area contributed by atoms with Gasteiger partial charge in [0.05, 0.1) is 0 Å². The van der Waals surface area contributed by atoms with E-state index in [1.807, 2.05) is 11.9 Å². The Labute approximate surface area is 105 Å². The van der Waals surface area contributed by atoms with Gasteiger partial charge in [0, 0.05) is 20.0 Å². The van der Waals surface area contributed by atoms with Gasteiger partial charge >= 0.3 is 0 Å². The molecule has 0 aromatic rings. The SMILES string of the molecule is CN(CC(C)(C)CN)C(=O)CC1=CCCCC1. The first-order valence-corrected chi connectivity index (χ1v) is 6.56. The molecule has 0 unspecified atom stereocenters. The lowest BCUT2D eigenvalue weighted by molar-refractivity contribution is -0.130. The van der Waals surface area contributed by atoms with E-state index in [4.69, 9.17) is 5.73 Å².